The number of pyridine rings is 1. The number of hydrogen-bond acceptors (Lipinski definition) is 3. The first-order chi connectivity index (χ1) is 7.96. The Morgan fingerprint density at radius 2 is 2.12 bits per heavy atom. The summed E-state index contributed by atoms with van der Waals surface area (Å²) in [5.41, 5.74) is -0.150. The van der Waals surface area contributed by atoms with Crippen LogP contribution in [0.4, 0.5) is 5.82 Å². The van der Waals surface area contributed by atoms with Gasteiger partial charge in [0.15, 0.2) is 0 Å². The van der Waals surface area contributed by atoms with E-state index >= 15 is 0 Å². The molecule has 1 saturated heterocycles. The van der Waals surface area contributed by atoms with Crippen LogP contribution in [0.2, 0.25) is 0 Å². The van der Waals surface area contributed by atoms with Gasteiger partial charge in [0.2, 0.25) is 5.91 Å². The molecule has 1 aliphatic heterocycles. The fraction of sp³-hybridized carbons (Fsp3) is 0.538. The summed E-state index contributed by atoms with van der Waals surface area (Å²) in [6.07, 6.45) is 1.78. The monoisotopic (exact) mass is 233 g/mol. The zero-order valence-corrected chi connectivity index (χ0v) is 10.6. The first-order valence-corrected chi connectivity index (χ1v) is 5.94. The summed E-state index contributed by atoms with van der Waals surface area (Å²) < 4.78 is 0. The Kier molecular flexibility index (Phi) is 3.05. The van der Waals surface area contributed by atoms with E-state index in [1.54, 1.807) is 6.20 Å². The zero-order chi connectivity index (χ0) is 12.5. The van der Waals surface area contributed by atoms with Crippen LogP contribution in [0.1, 0.15) is 20.8 Å². The SMILES string of the molecule is CC(C)(C)NC(=O)C1CN(c2ccccn2)C1. The molecule has 1 aromatic heterocycles. The Morgan fingerprint density at radius 3 is 2.65 bits per heavy atom. The maximum Gasteiger partial charge on any atom is 0.227 e. The van der Waals surface area contributed by atoms with Gasteiger partial charge in [0, 0.05) is 24.8 Å². The van der Waals surface area contributed by atoms with Crippen LogP contribution < -0.4 is 10.2 Å². The average Bonchev–Trinajstić information content (AvgIpc) is 2.14. The van der Waals surface area contributed by atoms with Gasteiger partial charge in [-0.1, -0.05) is 6.07 Å². The summed E-state index contributed by atoms with van der Waals surface area (Å²) in [5.74, 6) is 1.19. The smallest absolute Gasteiger partial charge is 0.227 e. The lowest BCUT2D eigenvalue weighted by atomic mass is 9.97. The van der Waals surface area contributed by atoms with E-state index in [2.05, 4.69) is 15.2 Å². The number of carbonyl (C=O) groups is 1. The Labute approximate surface area is 102 Å². The van der Waals surface area contributed by atoms with Crippen molar-refractivity contribution in [1.29, 1.82) is 0 Å². The van der Waals surface area contributed by atoms with Crippen molar-refractivity contribution in [3.63, 3.8) is 0 Å². The van der Waals surface area contributed by atoms with E-state index < -0.39 is 0 Å². The molecule has 4 nitrogen and oxygen atoms in total. The third-order valence-electron chi connectivity index (χ3n) is 2.72. The average molecular weight is 233 g/mol. The van der Waals surface area contributed by atoms with E-state index in [0.717, 1.165) is 18.9 Å². The predicted octanol–water partition coefficient (Wildman–Crippen LogP) is 1.43. The van der Waals surface area contributed by atoms with Crippen molar-refractivity contribution >= 4 is 11.7 Å². The van der Waals surface area contributed by atoms with E-state index in [1.165, 1.54) is 0 Å². The lowest BCUT2D eigenvalue weighted by molar-refractivity contribution is -0.127. The van der Waals surface area contributed by atoms with Gasteiger partial charge in [-0.15, -0.1) is 0 Å². The lowest BCUT2D eigenvalue weighted by Crippen LogP contribution is -2.56. The Hall–Kier alpha value is -1.58. The first-order valence-electron chi connectivity index (χ1n) is 5.94. The summed E-state index contributed by atoms with van der Waals surface area (Å²) >= 11 is 0. The molecule has 2 heterocycles. The molecule has 0 unspecified atom stereocenters. The van der Waals surface area contributed by atoms with E-state index in [9.17, 15) is 4.79 Å². The third-order valence-corrected chi connectivity index (χ3v) is 2.72. The topological polar surface area (TPSA) is 45.2 Å². The van der Waals surface area contributed by atoms with E-state index in [-0.39, 0.29) is 17.4 Å². The van der Waals surface area contributed by atoms with Crippen LogP contribution in [0.5, 0.6) is 0 Å². The molecule has 0 bridgehead atoms. The molecule has 4 heteroatoms. The van der Waals surface area contributed by atoms with Crippen molar-refractivity contribution in [2.24, 2.45) is 5.92 Å². The standard InChI is InChI=1S/C13H19N3O/c1-13(2,3)15-12(17)10-8-16(9-10)11-6-4-5-7-14-11/h4-7,10H,8-9H2,1-3H3,(H,15,17). The van der Waals surface area contributed by atoms with Gasteiger partial charge in [-0.05, 0) is 32.9 Å². The number of hydrogen-bond donors (Lipinski definition) is 1. The Bertz CT molecular complexity index is 391. The molecule has 0 saturated carbocycles. The minimum atomic E-state index is -0.150. The number of rotatable bonds is 2. The minimum Gasteiger partial charge on any atom is -0.355 e. The molecular weight excluding hydrogens is 214 g/mol. The molecular formula is C13H19N3O. The van der Waals surface area contributed by atoms with Crippen molar-refractivity contribution in [1.82, 2.24) is 10.3 Å². The van der Waals surface area contributed by atoms with Gasteiger partial charge in [0.05, 0.1) is 5.92 Å². The van der Waals surface area contributed by atoms with E-state index in [1.807, 2.05) is 39.0 Å². The number of aromatic nitrogens is 1. The molecule has 0 aliphatic carbocycles. The van der Waals surface area contributed by atoms with Crippen molar-refractivity contribution in [2.45, 2.75) is 26.3 Å². The highest BCUT2D eigenvalue weighted by Crippen LogP contribution is 2.22. The molecule has 0 atom stereocenters. The van der Waals surface area contributed by atoms with Crippen molar-refractivity contribution in [3.05, 3.63) is 24.4 Å². The second-order valence-electron chi connectivity index (χ2n) is 5.53. The normalized spacial score (nSPS) is 16.5. The third kappa shape index (κ3) is 2.96. The highest BCUT2D eigenvalue weighted by atomic mass is 16.2. The predicted molar refractivity (Wildman–Crippen MR) is 67.8 cm³/mol. The van der Waals surface area contributed by atoms with Crippen LogP contribution >= 0.6 is 0 Å². The molecule has 1 N–H and O–H groups in total. The number of amides is 1. The molecule has 92 valence electrons. The summed E-state index contributed by atoms with van der Waals surface area (Å²) in [5, 5.41) is 3.01. The summed E-state index contributed by atoms with van der Waals surface area (Å²) in [4.78, 5) is 18.2. The molecule has 0 spiro atoms. The maximum atomic E-state index is 11.9. The molecule has 1 amide bonds. The second-order valence-corrected chi connectivity index (χ2v) is 5.53. The van der Waals surface area contributed by atoms with E-state index in [4.69, 9.17) is 0 Å². The lowest BCUT2D eigenvalue weighted by Gasteiger charge is -2.40. The van der Waals surface area contributed by atoms with Gasteiger partial charge in [-0.2, -0.15) is 0 Å². The quantitative estimate of drug-likeness (QED) is 0.840. The van der Waals surface area contributed by atoms with Crippen LogP contribution in [0.25, 0.3) is 0 Å². The molecule has 1 aromatic rings. The van der Waals surface area contributed by atoms with Gasteiger partial charge in [0.1, 0.15) is 5.82 Å². The largest absolute Gasteiger partial charge is 0.355 e. The summed E-state index contributed by atoms with van der Waals surface area (Å²) in [6, 6.07) is 5.83. The fourth-order valence-corrected chi connectivity index (χ4v) is 1.84. The second kappa shape index (κ2) is 4.35. The highest BCUT2D eigenvalue weighted by molar-refractivity contribution is 5.82. The fourth-order valence-electron chi connectivity index (χ4n) is 1.84. The Morgan fingerprint density at radius 1 is 1.41 bits per heavy atom. The molecule has 1 fully saturated rings. The van der Waals surface area contributed by atoms with Crippen molar-refractivity contribution < 1.29 is 4.79 Å². The van der Waals surface area contributed by atoms with Crippen LogP contribution in [0.3, 0.4) is 0 Å². The molecule has 0 radical (unpaired) electrons. The van der Waals surface area contributed by atoms with E-state index in [0.29, 0.717) is 0 Å². The van der Waals surface area contributed by atoms with Gasteiger partial charge in [-0.25, -0.2) is 4.98 Å². The van der Waals surface area contributed by atoms with Gasteiger partial charge in [-0.3, -0.25) is 4.79 Å². The molecule has 0 aromatic carbocycles. The van der Waals surface area contributed by atoms with Crippen LogP contribution in [0, 0.1) is 5.92 Å². The zero-order valence-electron chi connectivity index (χ0n) is 10.6. The number of carbonyl (C=O) groups excluding carboxylic acids is 1. The minimum absolute atomic E-state index is 0.0937. The van der Waals surface area contributed by atoms with Crippen molar-refractivity contribution in [2.75, 3.05) is 18.0 Å². The van der Waals surface area contributed by atoms with Gasteiger partial charge < -0.3 is 10.2 Å². The molecule has 1 aliphatic rings. The summed E-state index contributed by atoms with van der Waals surface area (Å²) in [6.45, 7) is 7.53. The highest BCUT2D eigenvalue weighted by Gasteiger charge is 2.34. The van der Waals surface area contributed by atoms with Gasteiger partial charge in [0.25, 0.3) is 0 Å². The van der Waals surface area contributed by atoms with Crippen molar-refractivity contribution in [3.8, 4) is 0 Å². The maximum absolute atomic E-state index is 11.9. The number of nitrogens with zero attached hydrogens (tertiary/aromatic N) is 2. The van der Waals surface area contributed by atoms with Crippen LogP contribution in [-0.2, 0) is 4.79 Å². The van der Waals surface area contributed by atoms with Crippen LogP contribution in [0.15, 0.2) is 24.4 Å². The molecule has 17 heavy (non-hydrogen) atoms. The number of nitrogens with one attached hydrogen (secondary N) is 1. The summed E-state index contributed by atoms with van der Waals surface area (Å²) in [7, 11) is 0. The molecule has 2 rings (SSSR count). The first kappa shape index (κ1) is 11.9. The van der Waals surface area contributed by atoms with Gasteiger partial charge >= 0.3 is 0 Å². The number of anilines is 1. The van der Waals surface area contributed by atoms with Crippen LogP contribution in [-0.4, -0.2) is 29.5 Å². The Balaban J connectivity index is 1.85.